The lowest BCUT2D eigenvalue weighted by molar-refractivity contribution is -0.145. The van der Waals surface area contributed by atoms with Gasteiger partial charge >= 0.3 is 6.09 Å². The van der Waals surface area contributed by atoms with Crippen molar-refractivity contribution in [1.29, 1.82) is 0 Å². The Balaban J connectivity index is 1.61. The topological polar surface area (TPSA) is 163 Å². The van der Waals surface area contributed by atoms with Gasteiger partial charge in [0, 0.05) is 12.3 Å². The minimum absolute atomic E-state index is 0.0993. The van der Waals surface area contributed by atoms with Crippen molar-refractivity contribution in [2.45, 2.75) is 88.0 Å². The van der Waals surface area contributed by atoms with E-state index in [1.807, 2.05) is 30.3 Å². The first kappa shape index (κ1) is 33.7. The van der Waals surface area contributed by atoms with Gasteiger partial charge in [-0.2, -0.15) is 0 Å². The van der Waals surface area contributed by atoms with E-state index in [1.54, 1.807) is 20.8 Å². The minimum atomic E-state index is -4.31. The van der Waals surface area contributed by atoms with Gasteiger partial charge in [0.05, 0.1) is 40.7 Å². The van der Waals surface area contributed by atoms with E-state index in [1.165, 1.54) is 18.2 Å². The Labute approximate surface area is 262 Å². The Bertz CT molecular complexity index is 1520. The number of hydroxylamine groups is 1. The van der Waals surface area contributed by atoms with E-state index >= 15 is 0 Å². The molecule has 0 saturated heterocycles. The maximum atomic E-state index is 14.0. The zero-order chi connectivity index (χ0) is 31.9. The molecule has 0 spiro atoms. The average molecular weight is 650 g/mol. The Morgan fingerprint density at radius 3 is 2.52 bits per heavy atom. The van der Waals surface area contributed by atoms with Crippen molar-refractivity contribution < 1.29 is 32.7 Å². The number of alkyl halides is 1. The van der Waals surface area contributed by atoms with Crippen LogP contribution in [-0.4, -0.2) is 76.2 Å². The number of aromatic amines is 1. The van der Waals surface area contributed by atoms with Gasteiger partial charge in [-0.05, 0) is 63.8 Å². The van der Waals surface area contributed by atoms with Crippen LogP contribution in [0.2, 0.25) is 0 Å². The first-order valence-electron chi connectivity index (χ1n) is 14.6. The average Bonchev–Trinajstić information content (AvgIpc) is 3.61. The van der Waals surface area contributed by atoms with Gasteiger partial charge in [0.1, 0.15) is 5.60 Å². The minimum Gasteiger partial charge on any atom is -0.444 e. The van der Waals surface area contributed by atoms with Crippen LogP contribution in [0.4, 0.5) is 10.7 Å². The number of fused-ring (bicyclic) bond motifs is 1. The van der Waals surface area contributed by atoms with Crippen molar-refractivity contribution >= 4 is 50.6 Å². The molecule has 0 bridgehead atoms. The second kappa shape index (κ2) is 14.7. The maximum Gasteiger partial charge on any atom is 0.407 e. The SMILES string of the molecule is CC(C)(C)OC(=O)N[C@@H](Cc1ccccc1)C(O)CN(OC1CCCC1)S(=O)(=O)c1ccc2nc(NC(=O)CCCl)[nH]c2c1. The summed E-state index contributed by atoms with van der Waals surface area (Å²) < 4.78 is 34.3. The Hall–Kier alpha value is -3.23. The number of rotatable bonds is 13. The van der Waals surface area contributed by atoms with E-state index in [9.17, 15) is 23.1 Å². The van der Waals surface area contributed by atoms with Gasteiger partial charge in [-0.3, -0.25) is 14.9 Å². The fourth-order valence-electron chi connectivity index (χ4n) is 4.85. The highest BCUT2D eigenvalue weighted by molar-refractivity contribution is 7.89. The van der Waals surface area contributed by atoms with E-state index in [0.717, 1.165) is 22.9 Å². The van der Waals surface area contributed by atoms with Crippen LogP contribution >= 0.6 is 11.6 Å². The molecule has 240 valence electrons. The van der Waals surface area contributed by atoms with Crippen molar-refractivity contribution in [1.82, 2.24) is 19.8 Å². The van der Waals surface area contributed by atoms with E-state index in [4.69, 9.17) is 21.2 Å². The van der Waals surface area contributed by atoms with Crippen LogP contribution in [0.25, 0.3) is 11.0 Å². The predicted molar refractivity (Wildman–Crippen MR) is 167 cm³/mol. The van der Waals surface area contributed by atoms with Gasteiger partial charge < -0.3 is 20.1 Å². The number of benzene rings is 2. The molecule has 14 heteroatoms. The largest absolute Gasteiger partial charge is 0.444 e. The van der Waals surface area contributed by atoms with Gasteiger partial charge in [0.15, 0.2) is 0 Å². The molecule has 3 aromatic rings. The molecule has 2 atom stereocenters. The number of nitrogens with one attached hydrogen (secondary N) is 3. The number of carbonyl (C=O) groups excluding carboxylic acids is 2. The van der Waals surface area contributed by atoms with Crippen LogP contribution in [0.1, 0.15) is 58.4 Å². The summed E-state index contributed by atoms with van der Waals surface area (Å²) in [4.78, 5) is 37.8. The quantitative estimate of drug-likeness (QED) is 0.155. The lowest BCUT2D eigenvalue weighted by Crippen LogP contribution is -2.51. The third-order valence-corrected chi connectivity index (χ3v) is 8.78. The van der Waals surface area contributed by atoms with Crippen LogP contribution < -0.4 is 10.6 Å². The lowest BCUT2D eigenvalue weighted by atomic mass is 10.0. The first-order chi connectivity index (χ1) is 20.8. The summed E-state index contributed by atoms with van der Waals surface area (Å²) in [6.45, 7) is 4.73. The van der Waals surface area contributed by atoms with Gasteiger partial charge in [0.25, 0.3) is 10.0 Å². The predicted octanol–water partition coefficient (Wildman–Crippen LogP) is 4.49. The number of hydrogen-bond donors (Lipinski definition) is 4. The molecule has 12 nitrogen and oxygen atoms in total. The van der Waals surface area contributed by atoms with Gasteiger partial charge in [0.2, 0.25) is 11.9 Å². The normalized spacial score (nSPS) is 15.8. The molecule has 4 rings (SSSR count). The number of carbonyl (C=O) groups is 2. The molecule has 1 aliphatic carbocycles. The monoisotopic (exact) mass is 649 g/mol. The number of imidazole rings is 1. The van der Waals surface area contributed by atoms with E-state index < -0.39 is 40.4 Å². The van der Waals surface area contributed by atoms with E-state index in [-0.39, 0.29) is 41.6 Å². The molecule has 2 aromatic carbocycles. The summed E-state index contributed by atoms with van der Waals surface area (Å²) in [6, 6.07) is 12.6. The number of nitrogens with zero attached hydrogens (tertiary/aromatic N) is 2. The fraction of sp³-hybridized carbons (Fsp3) is 0.500. The fourth-order valence-corrected chi connectivity index (χ4v) is 6.35. The van der Waals surface area contributed by atoms with Crippen molar-refractivity contribution in [3.05, 3.63) is 54.1 Å². The molecule has 1 heterocycles. The Morgan fingerprint density at radius 2 is 1.86 bits per heavy atom. The molecule has 2 amide bonds. The zero-order valence-electron chi connectivity index (χ0n) is 25.1. The zero-order valence-corrected chi connectivity index (χ0v) is 26.7. The molecule has 4 N–H and O–H groups in total. The van der Waals surface area contributed by atoms with E-state index in [2.05, 4.69) is 20.6 Å². The number of H-pyrrole nitrogens is 1. The van der Waals surface area contributed by atoms with Crippen molar-refractivity contribution in [3.63, 3.8) is 0 Å². The van der Waals surface area contributed by atoms with Crippen LogP contribution in [0.3, 0.4) is 0 Å². The highest BCUT2D eigenvalue weighted by Crippen LogP contribution is 2.28. The number of aliphatic hydroxyl groups excluding tert-OH is 1. The lowest BCUT2D eigenvalue weighted by Gasteiger charge is -2.31. The molecule has 0 radical (unpaired) electrons. The smallest absolute Gasteiger partial charge is 0.407 e. The first-order valence-corrected chi connectivity index (χ1v) is 16.6. The molecule has 1 aromatic heterocycles. The third-order valence-electron chi connectivity index (χ3n) is 6.97. The number of ether oxygens (including phenoxy) is 1. The second-order valence-electron chi connectivity index (χ2n) is 11.8. The number of sulfonamides is 1. The summed E-state index contributed by atoms with van der Waals surface area (Å²) in [5.74, 6) is -0.0189. The Kier molecular flexibility index (Phi) is 11.2. The second-order valence-corrected chi connectivity index (χ2v) is 14.0. The summed E-state index contributed by atoms with van der Waals surface area (Å²) in [6.07, 6.45) is 1.03. The van der Waals surface area contributed by atoms with Crippen LogP contribution in [-0.2, 0) is 30.8 Å². The maximum absolute atomic E-state index is 14.0. The van der Waals surface area contributed by atoms with Crippen LogP contribution in [0.15, 0.2) is 53.4 Å². The number of alkyl carbamates (subject to hydrolysis) is 1. The highest BCUT2D eigenvalue weighted by Gasteiger charge is 2.35. The number of hydrogen-bond acceptors (Lipinski definition) is 8. The van der Waals surface area contributed by atoms with Gasteiger partial charge in [-0.15, -0.1) is 11.6 Å². The van der Waals surface area contributed by atoms with Crippen LogP contribution in [0, 0.1) is 0 Å². The summed E-state index contributed by atoms with van der Waals surface area (Å²) in [7, 11) is -4.31. The van der Waals surface area contributed by atoms with Gasteiger partial charge in [-0.1, -0.05) is 47.6 Å². The summed E-state index contributed by atoms with van der Waals surface area (Å²) >= 11 is 5.63. The highest BCUT2D eigenvalue weighted by atomic mass is 35.5. The molecule has 1 aliphatic rings. The summed E-state index contributed by atoms with van der Waals surface area (Å²) in [5.41, 5.74) is 0.878. The molecular formula is C30H40ClN5O7S. The van der Waals surface area contributed by atoms with Crippen molar-refractivity contribution in [2.75, 3.05) is 17.7 Å². The molecule has 1 fully saturated rings. The number of aromatic nitrogens is 2. The van der Waals surface area contributed by atoms with Crippen LogP contribution in [0.5, 0.6) is 0 Å². The number of amides is 2. The third kappa shape index (κ3) is 9.38. The number of anilines is 1. The van der Waals surface area contributed by atoms with Crippen molar-refractivity contribution in [2.24, 2.45) is 0 Å². The standard InChI is InChI=1S/C30H40ClN5O7S/c1-30(2,3)42-29(39)34-25(17-20-9-5-4-6-10-20)26(37)19-36(43-21-11-7-8-12-21)44(40,41)22-13-14-23-24(18-22)33-28(32-23)35-27(38)15-16-31/h4-6,9-10,13-14,18,21,25-26,37H,7-8,11-12,15-17,19H2,1-3H3,(H,34,39)(H2,32,33,35,38)/t25-,26?/m0/s1. The molecule has 0 aliphatic heterocycles. The number of halogens is 1. The Morgan fingerprint density at radius 1 is 1.16 bits per heavy atom. The summed E-state index contributed by atoms with van der Waals surface area (Å²) in [5, 5.41) is 16.8. The molecule has 1 saturated carbocycles. The molecule has 44 heavy (non-hydrogen) atoms. The molecule has 1 unspecified atom stereocenters. The van der Waals surface area contributed by atoms with Gasteiger partial charge in [-0.25, -0.2) is 18.2 Å². The van der Waals surface area contributed by atoms with E-state index in [0.29, 0.717) is 23.9 Å². The van der Waals surface area contributed by atoms with Crippen molar-refractivity contribution in [3.8, 4) is 0 Å². The molecular weight excluding hydrogens is 610 g/mol. The number of aliphatic hydroxyl groups is 1.